The molecule has 2 rings (SSSR count). The number of rotatable bonds is 5. The molecule has 1 saturated heterocycles. The Morgan fingerprint density at radius 3 is 3.12 bits per heavy atom. The van der Waals surface area contributed by atoms with E-state index in [1.165, 1.54) is 0 Å². The summed E-state index contributed by atoms with van der Waals surface area (Å²) < 4.78 is 10.5. The Bertz CT molecular complexity index is 408. The van der Waals surface area contributed by atoms with Crippen LogP contribution in [0, 0.1) is 5.92 Å². The molecule has 90 valence electrons. The number of carbonyl (C=O) groups excluding carboxylic acids is 2. The van der Waals surface area contributed by atoms with Crippen molar-refractivity contribution in [2.45, 2.75) is 6.42 Å². The van der Waals surface area contributed by atoms with E-state index in [2.05, 4.69) is 0 Å². The second-order valence-corrected chi connectivity index (χ2v) is 4.01. The molecule has 0 aromatic heterocycles. The van der Waals surface area contributed by atoms with Crippen LogP contribution in [0.2, 0.25) is 0 Å². The molecule has 1 fully saturated rings. The SMILES string of the molecule is O=Cc1cccc(OCC(=O)C2CCOC2)c1. The van der Waals surface area contributed by atoms with Crippen LogP contribution in [-0.2, 0) is 9.53 Å². The van der Waals surface area contributed by atoms with Crippen molar-refractivity contribution in [1.82, 2.24) is 0 Å². The van der Waals surface area contributed by atoms with Crippen molar-refractivity contribution >= 4 is 12.1 Å². The van der Waals surface area contributed by atoms with Crippen molar-refractivity contribution < 1.29 is 19.1 Å². The van der Waals surface area contributed by atoms with Crippen LogP contribution in [0.15, 0.2) is 24.3 Å². The smallest absolute Gasteiger partial charge is 0.175 e. The number of benzene rings is 1. The standard InChI is InChI=1S/C13H14O4/c14-7-10-2-1-3-12(6-10)17-9-13(15)11-4-5-16-8-11/h1-3,6-7,11H,4-5,8-9H2. The fourth-order valence-corrected chi connectivity index (χ4v) is 1.74. The van der Waals surface area contributed by atoms with E-state index in [4.69, 9.17) is 9.47 Å². The molecule has 0 radical (unpaired) electrons. The summed E-state index contributed by atoms with van der Waals surface area (Å²) in [7, 11) is 0. The minimum absolute atomic E-state index is 0.0377. The van der Waals surface area contributed by atoms with Crippen molar-refractivity contribution in [1.29, 1.82) is 0 Å². The number of hydrogen-bond acceptors (Lipinski definition) is 4. The van der Waals surface area contributed by atoms with Gasteiger partial charge in [-0.05, 0) is 18.6 Å². The molecule has 0 spiro atoms. The zero-order valence-corrected chi connectivity index (χ0v) is 9.43. The number of ketones is 1. The fourth-order valence-electron chi connectivity index (χ4n) is 1.74. The van der Waals surface area contributed by atoms with Gasteiger partial charge >= 0.3 is 0 Å². The molecule has 17 heavy (non-hydrogen) atoms. The highest BCUT2D eigenvalue weighted by Crippen LogP contribution is 2.16. The largest absolute Gasteiger partial charge is 0.486 e. The van der Waals surface area contributed by atoms with Crippen LogP contribution in [0.1, 0.15) is 16.8 Å². The zero-order chi connectivity index (χ0) is 12.1. The van der Waals surface area contributed by atoms with Crippen LogP contribution in [0.25, 0.3) is 0 Å². The van der Waals surface area contributed by atoms with Gasteiger partial charge in [0.25, 0.3) is 0 Å². The lowest BCUT2D eigenvalue weighted by atomic mass is 10.0. The summed E-state index contributed by atoms with van der Waals surface area (Å²) in [6.45, 7) is 1.18. The second-order valence-electron chi connectivity index (χ2n) is 4.01. The Hall–Kier alpha value is -1.68. The average Bonchev–Trinajstić information content (AvgIpc) is 2.90. The molecule has 0 N–H and O–H groups in total. The Morgan fingerprint density at radius 2 is 2.41 bits per heavy atom. The van der Waals surface area contributed by atoms with E-state index < -0.39 is 0 Å². The summed E-state index contributed by atoms with van der Waals surface area (Å²) in [6, 6.07) is 6.76. The van der Waals surface area contributed by atoms with E-state index in [0.29, 0.717) is 24.5 Å². The molecule has 4 nitrogen and oxygen atoms in total. The van der Waals surface area contributed by atoms with E-state index in [0.717, 1.165) is 12.7 Å². The lowest BCUT2D eigenvalue weighted by molar-refractivity contribution is -0.124. The number of Topliss-reactive ketones (excluding diaryl/α,β-unsaturated/α-hetero) is 1. The maximum atomic E-state index is 11.7. The molecule has 1 aromatic carbocycles. The molecule has 0 bridgehead atoms. The van der Waals surface area contributed by atoms with Gasteiger partial charge in [0.15, 0.2) is 5.78 Å². The van der Waals surface area contributed by atoms with Gasteiger partial charge in [-0.2, -0.15) is 0 Å². The van der Waals surface area contributed by atoms with Crippen molar-refractivity contribution in [2.24, 2.45) is 5.92 Å². The number of aldehydes is 1. The highest BCUT2D eigenvalue weighted by Gasteiger charge is 2.23. The third-order valence-electron chi connectivity index (χ3n) is 2.76. The first-order chi connectivity index (χ1) is 8.29. The van der Waals surface area contributed by atoms with Gasteiger partial charge in [-0.1, -0.05) is 12.1 Å². The Morgan fingerprint density at radius 1 is 1.53 bits per heavy atom. The summed E-state index contributed by atoms with van der Waals surface area (Å²) >= 11 is 0. The predicted molar refractivity (Wildman–Crippen MR) is 61.3 cm³/mol. The van der Waals surface area contributed by atoms with Crippen molar-refractivity contribution in [3.63, 3.8) is 0 Å². The molecule has 1 heterocycles. The molecule has 0 saturated carbocycles. The van der Waals surface area contributed by atoms with E-state index in [1.807, 2.05) is 0 Å². The molecule has 1 aliphatic heterocycles. The molecule has 1 atom stereocenters. The minimum Gasteiger partial charge on any atom is -0.486 e. The molecule has 1 aliphatic rings. The van der Waals surface area contributed by atoms with Gasteiger partial charge in [0.05, 0.1) is 6.61 Å². The summed E-state index contributed by atoms with van der Waals surface area (Å²) in [4.78, 5) is 22.3. The van der Waals surface area contributed by atoms with Gasteiger partial charge in [-0.15, -0.1) is 0 Å². The molecule has 1 unspecified atom stereocenters. The van der Waals surface area contributed by atoms with Crippen LogP contribution in [0.3, 0.4) is 0 Å². The minimum atomic E-state index is -0.0377. The molecule has 4 heteroatoms. The van der Waals surface area contributed by atoms with Crippen molar-refractivity contribution in [2.75, 3.05) is 19.8 Å². The Labute approximate surface area is 99.5 Å². The maximum Gasteiger partial charge on any atom is 0.175 e. The Kier molecular flexibility index (Phi) is 3.88. The van der Waals surface area contributed by atoms with Crippen LogP contribution < -0.4 is 4.74 Å². The lowest BCUT2D eigenvalue weighted by Gasteiger charge is -2.08. The average molecular weight is 234 g/mol. The third-order valence-corrected chi connectivity index (χ3v) is 2.76. The van der Waals surface area contributed by atoms with Gasteiger partial charge in [0, 0.05) is 18.1 Å². The van der Waals surface area contributed by atoms with Crippen molar-refractivity contribution in [3.8, 4) is 5.75 Å². The molecular formula is C13H14O4. The molecule has 0 aliphatic carbocycles. The van der Waals surface area contributed by atoms with Crippen LogP contribution >= 0.6 is 0 Å². The summed E-state index contributed by atoms with van der Waals surface area (Å²) in [5.41, 5.74) is 0.541. The summed E-state index contributed by atoms with van der Waals surface area (Å²) in [5.74, 6) is 0.560. The second kappa shape index (κ2) is 5.59. The fraction of sp³-hybridized carbons (Fsp3) is 0.385. The monoisotopic (exact) mass is 234 g/mol. The zero-order valence-electron chi connectivity index (χ0n) is 9.43. The van der Waals surface area contributed by atoms with E-state index in [-0.39, 0.29) is 18.3 Å². The highest BCUT2D eigenvalue weighted by molar-refractivity contribution is 5.83. The summed E-state index contributed by atoms with van der Waals surface area (Å²) in [6.07, 6.45) is 1.52. The van der Waals surface area contributed by atoms with Crippen molar-refractivity contribution in [3.05, 3.63) is 29.8 Å². The molecular weight excluding hydrogens is 220 g/mol. The van der Waals surface area contributed by atoms with Crippen LogP contribution in [0.4, 0.5) is 0 Å². The number of ether oxygens (including phenoxy) is 2. The highest BCUT2D eigenvalue weighted by atomic mass is 16.5. The third kappa shape index (κ3) is 3.14. The number of carbonyl (C=O) groups is 2. The van der Waals surface area contributed by atoms with E-state index in [9.17, 15) is 9.59 Å². The van der Waals surface area contributed by atoms with Crippen LogP contribution in [-0.4, -0.2) is 31.9 Å². The first-order valence-corrected chi connectivity index (χ1v) is 5.58. The molecule has 0 amide bonds. The van der Waals surface area contributed by atoms with Gasteiger partial charge < -0.3 is 9.47 Å². The van der Waals surface area contributed by atoms with Gasteiger partial charge in [0.1, 0.15) is 18.6 Å². The van der Waals surface area contributed by atoms with Gasteiger partial charge in [-0.25, -0.2) is 0 Å². The topological polar surface area (TPSA) is 52.6 Å². The van der Waals surface area contributed by atoms with E-state index in [1.54, 1.807) is 24.3 Å². The normalized spacial score (nSPS) is 18.9. The predicted octanol–water partition coefficient (Wildman–Crippen LogP) is 1.48. The first-order valence-electron chi connectivity index (χ1n) is 5.58. The molecule has 1 aromatic rings. The van der Waals surface area contributed by atoms with Gasteiger partial charge in [-0.3, -0.25) is 9.59 Å². The van der Waals surface area contributed by atoms with Gasteiger partial charge in [0.2, 0.25) is 0 Å². The first kappa shape index (κ1) is 11.8. The quantitative estimate of drug-likeness (QED) is 0.724. The lowest BCUT2D eigenvalue weighted by Crippen LogP contribution is -2.21. The van der Waals surface area contributed by atoms with E-state index >= 15 is 0 Å². The van der Waals surface area contributed by atoms with Crippen LogP contribution in [0.5, 0.6) is 5.75 Å². The Balaban J connectivity index is 1.88. The summed E-state index contributed by atoms with van der Waals surface area (Å²) in [5, 5.41) is 0. The number of hydrogen-bond donors (Lipinski definition) is 0. The maximum absolute atomic E-state index is 11.7.